The Bertz CT molecular complexity index is 836. The van der Waals surface area contributed by atoms with E-state index in [0.29, 0.717) is 11.1 Å². The summed E-state index contributed by atoms with van der Waals surface area (Å²) in [6.45, 7) is 5.80. The lowest BCUT2D eigenvalue weighted by atomic mass is 9.82. The van der Waals surface area contributed by atoms with Crippen molar-refractivity contribution >= 4 is 16.1 Å². The van der Waals surface area contributed by atoms with Crippen molar-refractivity contribution in [1.82, 2.24) is 0 Å². The Labute approximate surface area is 148 Å². The van der Waals surface area contributed by atoms with Crippen LogP contribution in [0.4, 0.5) is 0 Å². The van der Waals surface area contributed by atoms with Crippen molar-refractivity contribution in [2.24, 2.45) is 0 Å². The number of hydrogen-bond acceptors (Lipinski definition) is 4. The smallest absolute Gasteiger partial charge is 0.339 e. The van der Waals surface area contributed by atoms with Gasteiger partial charge in [-0.15, -0.1) is 0 Å². The molecule has 0 spiro atoms. The summed E-state index contributed by atoms with van der Waals surface area (Å²) >= 11 is 0. The first-order chi connectivity index (χ1) is 11.6. The van der Waals surface area contributed by atoms with Gasteiger partial charge >= 0.3 is 5.97 Å². The monoisotopic (exact) mass is 362 g/mol. The molecule has 1 N–H and O–H groups in total. The van der Waals surface area contributed by atoms with Crippen LogP contribution in [0.25, 0.3) is 0 Å². The number of benzene rings is 2. The average molecular weight is 362 g/mol. The number of hydrogen-bond donors (Lipinski definition) is 1. The van der Waals surface area contributed by atoms with Crippen molar-refractivity contribution in [3.8, 4) is 0 Å². The largest absolute Gasteiger partial charge is 0.479 e. The maximum atomic E-state index is 12.4. The molecule has 0 radical (unpaired) electrons. The molecule has 2 rings (SSSR count). The van der Waals surface area contributed by atoms with E-state index in [4.69, 9.17) is 4.18 Å². The molecule has 5 nitrogen and oxygen atoms in total. The molecule has 25 heavy (non-hydrogen) atoms. The molecule has 134 valence electrons. The Morgan fingerprint density at radius 2 is 1.60 bits per heavy atom. The minimum absolute atomic E-state index is 0.346. The molecular weight excluding hydrogens is 340 g/mol. The first-order valence-electron chi connectivity index (χ1n) is 7.87. The first-order valence-corrected chi connectivity index (χ1v) is 9.45. The Morgan fingerprint density at radius 1 is 1.04 bits per heavy atom. The zero-order valence-electron chi connectivity index (χ0n) is 14.5. The fourth-order valence-electron chi connectivity index (χ4n) is 2.59. The van der Waals surface area contributed by atoms with Gasteiger partial charge in [0, 0.05) is 0 Å². The van der Waals surface area contributed by atoms with Gasteiger partial charge in [0.1, 0.15) is 5.75 Å². The van der Waals surface area contributed by atoms with E-state index in [9.17, 15) is 18.3 Å². The summed E-state index contributed by atoms with van der Waals surface area (Å²) in [6, 6.07) is 15.4. The van der Waals surface area contributed by atoms with Crippen LogP contribution in [-0.2, 0) is 30.3 Å². The van der Waals surface area contributed by atoms with Gasteiger partial charge in [0.05, 0.1) is 0 Å². The molecule has 0 saturated heterocycles. The van der Waals surface area contributed by atoms with Gasteiger partial charge in [-0.05, 0) is 22.1 Å². The van der Waals surface area contributed by atoms with Gasteiger partial charge in [0.2, 0.25) is 0 Å². The number of aliphatic carboxylic acids is 1. The van der Waals surface area contributed by atoms with Gasteiger partial charge in [0.15, 0.2) is 6.10 Å². The van der Waals surface area contributed by atoms with Crippen molar-refractivity contribution in [3.05, 3.63) is 71.3 Å². The van der Waals surface area contributed by atoms with Crippen LogP contribution >= 0.6 is 0 Å². The predicted octanol–water partition coefficient (Wildman–Crippen LogP) is 3.66. The normalized spacial score (nSPS) is 13.4. The molecule has 0 bridgehead atoms. The number of carboxylic acid groups (broad SMARTS) is 1. The summed E-state index contributed by atoms with van der Waals surface area (Å²) in [5.41, 5.74) is 1.27. The third-order valence-electron chi connectivity index (χ3n) is 3.70. The van der Waals surface area contributed by atoms with Gasteiger partial charge in [-0.1, -0.05) is 75.4 Å². The molecule has 0 amide bonds. The second-order valence-electron chi connectivity index (χ2n) is 6.84. The molecule has 1 unspecified atom stereocenters. The third kappa shape index (κ3) is 5.14. The quantitative estimate of drug-likeness (QED) is 0.793. The molecule has 2 aromatic rings. The van der Waals surface area contributed by atoms with Crippen molar-refractivity contribution < 1.29 is 22.5 Å². The summed E-state index contributed by atoms with van der Waals surface area (Å²) in [6.07, 6.45) is -1.58. The number of rotatable bonds is 6. The van der Waals surface area contributed by atoms with Crippen LogP contribution in [0.1, 0.15) is 43.6 Å². The van der Waals surface area contributed by atoms with Crippen LogP contribution in [0.3, 0.4) is 0 Å². The zero-order chi connectivity index (χ0) is 18.7. The molecule has 0 aromatic heterocycles. The lowest BCUT2D eigenvalue weighted by Gasteiger charge is -2.25. The Hall–Kier alpha value is -2.18. The Kier molecular flexibility index (Phi) is 5.65. The van der Waals surface area contributed by atoms with E-state index < -0.39 is 22.2 Å². The van der Waals surface area contributed by atoms with Crippen LogP contribution in [0.15, 0.2) is 54.6 Å². The van der Waals surface area contributed by atoms with E-state index >= 15 is 0 Å². The molecule has 0 aliphatic heterocycles. The van der Waals surface area contributed by atoms with Crippen molar-refractivity contribution in [2.75, 3.05) is 0 Å². The summed E-state index contributed by atoms with van der Waals surface area (Å²) in [5, 5.41) is 9.56. The molecular formula is C19H22O5S. The Balaban J connectivity index is 2.36. The summed E-state index contributed by atoms with van der Waals surface area (Å²) in [7, 11) is -4.07. The van der Waals surface area contributed by atoms with Crippen LogP contribution in [0.2, 0.25) is 0 Å². The van der Waals surface area contributed by atoms with Crippen LogP contribution in [0, 0.1) is 0 Å². The van der Waals surface area contributed by atoms with Crippen molar-refractivity contribution in [3.63, 3.8) is 0 Å². The highest BCUT2D eigenvalue weighted by atomic mass is 32.2. The standard InChI is InChI=1S/C19H22O5S/c1-19(2,3)16-12-8-7-11-15(16)17(18(20)21)24-25(22,23)13-14-9-5-4-6-10-14/h4-12,17H,13H2,1-3H3,(H,20,21). The SMILES string of the molecule is CC(C)(C)c1ccccc1C(OS(=O)(=O)Cc1ccccc1)C(=O)O. The zero-order valence-corrected chi connectivity index (χ0v) is 15.3. The fraction of sp³-hybridized carbons (Fsp3) is 0.316. The highest BCUT2D eigenvalue weighted by molar-refractivity contribution is 7.85. The molecule has 0 aliphatic rings. The van der Waals surface area contributed by atoms with Gasteiger partial charge in [-0.3, -0.25) is 0 Å². The summed E-state index contributed by atoms with van der Waals surface area (Å²) < 4.78 is 29.8. The van der Waals surface area contributed by atoms with E-state index in [1.807, 2.05) is 20.8 Å². The molecule has 0 heterocycles. The molecule has 1 atom stereocenters. The summed E-state index contributed by atoms with van der Waals surface area (Å²) in [5.74, 6) is -1.72. The summed E-state index contributed by atoms with van der Waals surface area (Å²) in [4.78, 5) is 11.7. The average Bonchev–Trinajstić information content (AvgIpc) is 2.52. The maximum absolute atomic E-state index is 12.4. The third-order valence-corrected chi connectivity index (χ3v) is 4.88. The van der Waals surface area contributed by atoms with Gasteiger partial charge in [-0.25, -0.2) is 8.98 Å². The van der Waals surface area contributed by atoms with Crippen molar-refractivity contribution in [1.29, 1.82) is 0 Å². The van der Waals surface area contributed by atoms with Gasteiger partial charge in [0.25, 0.3) is 10.1 Å². The van der Waals surface area contributed by atoms with Crippen LogP contribution < -0.4 is 0 Å². The lowest BCUT2D eigenvalue weighted by molar-refractivity contribution is -0.145. The second kappa shape index (κ2) is 7.37. The highest BCUT2D eigenvalue weighted by Crippen LogP contribution is 2.32. The predicted molar refractivity (Wildman–Crippen MR) is 95.7 cm³/mol. The molecule has 2 aromatic carbocycles. The second-order valence-corrected chi connectivity index (χ2v) is 8.44. The Morgan fingerprint density at radius 3 is 2.16 bits per heavy atom. The van der Waals surface area contributed by atoms with E-state index in [1.165, 1.54) is 0 Å². The molecule has 0 saturated carbocycles. The fourth-order valence-corrected chi connectivity index (χ4v) is 3.74. The first kappa shape index (κ1) is 19.1. The van der Waals surface area contributed by atoms with Crippen LogP contribution in [0.5, 0.6) is 0 Å². The minimum Gasteiger partial charge on any atom is -0.479 e. The minimum atomic E-state index is -4.07. The van der Waals surface area contributed by atoms with Crippen LogP contribution in [-0.4, -0.2) is 19.5 Å². The molecule has 0 fully saturated rings. The van der Waals surface area contributed by atoms with E-state index in [2.05, 4.69) is 0 Å². The number of carboxylic acids is 1. The van der Waals surface area contributed by atoms with Gasteiger partial charge < -0.3 is 5.11 Å². The van der Waals surface area contributed by atoms with Gasteiger partial charge in [-0.2, -0.15) is 8.42 Å². The number of carbonyl (C=O) groups is 1. The topological polar surface area (TPSA) is 80.7 Å². The maximum Gasteiger partial charge on any atom is 0.339 e. The van der Waals surface area contributed by atoms with E-state index in [-0.39, 0.29) is 11.2 Å². The molecule has 6 heteroatoms. The highest BCUT2D eigenvalue weighted by Gasteiger charge is 2.32. The van der Waals surface area contributed by atoms with E-state index in [0.717, 1.165) is 5.56 Å². The lowest BCUT2D eigenvalue weighted by Crippen LogP contribution is -2.24. The molecule has 0 aliphatic carbocycles. The van der Waals surface area contributed by atoms with E-state index in [1.54, 1.807) is 54.6 Å². The van der Waals surface area contributed by atoms with Crippen molar-refractivity contribution in [2.45, 2.75) is 38.0 Å².